The third-order valence-corrected chi connectivity index (χ3v) is 6.61. The van der Waals surface area contributed by atoms with E-state index in [2.05, 4.69) is 88.3 Å². The Hall–Kier alpha value is -4.09. The summed E-state index contributed by atoms with van der Waals surface area (Å²) in [5, 5.41) is 7.02. The topological polar surface area (TPSA) is 55.7 Å². The number of likely N-dealkylation sites (tertiary alicyclic amines) is 1. The molecule has 2 heterocycles. The minimum Gasteiger partial charge on any atom is -0.485 e. The molecular formula is C30H26N3O2. The summed E-state index contributed by atoms with van der Waals surface area (Å²) in [6.45, 7) is 1.60. The number of rotatable bonds is 7. The number of hydrogen-bond acceptors (Lipinski definition) is 3. The van der Waals surface area contributed by atoms with E-state index in [0.29, 0.717) is 11.4 Å². The van der Waals surface area contributed by atoms with Crippen LogP contribution in [0.1, 0.15) is 28.3 Å². The zero-order valence-electron chi connectivity index (χ0n) is 19.3. The van der Waals surface area contributed by atoms with Crippen LogP contribution < -0.4 is 15.4 Å². The van der Waals surface area contributed by atoms with Crippen molar-refractivity contribution in [2.45, 2.75) is 18.6 Å². The highest BCUT2D eigenvalue weighted by molar-refractivity contribution is 6.04. The fourth-order valence-electron chi connectivity index (χ4n) is 4.96. The van der Waals surface area contributed by atoms with Gasteiger partial charge < -0.3 is 10.1 Å². The van der Waals surface area contributed by atoms with Crippen LogP contribution in [0.3, 0.4) is 0 Å². The number of ether oxygens (including phenoxy) is 1. The molecule has 5 nitrogen and oxygen atoms in total. The van der Waals surface area contributed by atoms with Gasteiger partial charge >= 0.3 is 6.03 Å². The van der Waals surface area contributed by atoms with Gasteiger partial charge in [0.25, 0.3) is 0 Å². The van der Waals surface area contributed by atoms with E-state index in [1.165, 1.54) is 16.7 Å². The Morgan fingerprint density at radius 2 is 1.43 bits per heavy atom. The lowest BCUT2D eigenvalue weighted by Crippen LogP contribution is -2.55. The Kier molecular flexibility index (Phi) is 5.68. The predicted molar refractivity (Wildman–Crippen MR) is 137 cm³/mol. The Labute approximate surface area is 205 Å². The molecule has 4 aromatic rings. The first-order valence-electron chi connectivity index (χ1n) is 12.0. The molecule has 2 aliphatic rings. The van der Waals surface area contributed by atoms with Gasteiger partial charge in [0.1, 0.15) is 17.5 Å². The summed E-state index contributed by atoms with van der Waals surface area (Å²) < 4.78 is 6.44. The monoisotopic (exact) mass is 460 g/mol. The molecule has 35 heavy (non-hydrogen) atoms. The summed E-state index contributed by atoms with van der Waals surface area (Å²) in [5.74, 6) is 0.674. The number of urea groups is 1. The zero-order valence-corrected chi connectivity index (χ0v) is 19.3. The highest BCUT2D eigenvalue weighted by atomic mass is 16.5. The van der Waals surface area contributed by atoms with E-state index in [9.17, 15) is 4.79 Å². The molecule has 1 radical (unpaired) electrons. The molecule has 1 N–H and O–H groups in total. The van der Waals surface area contributed by atoms with Crippen LogP contribution in [0.25, 0.3) is 0 Å². The molecule has 173 valence electrons. The maximum Gasteiger partial charge on any atom is 0.346 e. The average molecular weight is 461 g/mol. The van der Waals surface area contributed by atoms with Gasteiger partial charge in [-0.1, -0.05) is 91.0 Å². The number of fused-ring (bicyclic) bond motifs is 1. The van der Waals surface area contributed by atoms with Crippen molar-refractivity contribution >= 4 is 17.4 Å². The summed E-state index contributed by atoms with van der Waals surface area (Å²) in [6.07, 6.45) is 0.799. The number of carbonyl (C=O) groups is 1. The van der Waals surface area contributed by atoms with Crippen molar-refractivity contribution in [3.8, 4) is 5.75 Å². The standard InChI is InChI=1S/C30H26N3O2/c34-30-31-26-17-22(16-21-10-4-1-5-11-21)18-27(28(26)32-30)35-25-19-33(20-25)29(23-12-6-2-7-13-23)24-14-8-3-9-15-24/h1-15,17-18,25,29H,16,19-20H2,(H,31,34). The number of anilines is 1. The van der Waals surface area contributed by atoms with E-state index in [0.717, 1.165) is 30.8 Å². The average Bonchev–Trinajstić information content (AvgIpc) is 3.25. The molecule has 2 amide bonds. The Bertz CT molecular complexity index is 1280. The van der Waals surface area contributed by atoms with Crippen molar-refractivity contribution in [1.82, 2.24) is 10.2 Å². The van der Waals surface area contributed by atoms with E-state index in [1.54, 1.807) is 0 Å². The van der Waals surface area contributed by atoms with Crippen LogP contribution in [-0.2, 0) is 6.42 Å². The number of carbonyl (C=O) groups excluding carboxylic acids is 1. The number of benzene rings is 4. The second kappa shape index (κ2) is 9.28. The molecule has 0 bridgehead atoms. The minimum absolute atomic E-state index is 0.0342. The van der Waals surface area contributed by atoms with Crippen LogP contribution in [0.2, 0.25) is 0 Å². The molecule has 4 aromatic carbocycles. The van der Waals surface area contributed by atoms with Crippen LogP contribution in [0.4, 0.5) is 16.2 Å². The fraction of sp³-hybridized carbons (Fsp3) is 0.167. The summed E-state index contributed by atoms with van der Waals surface area (Å²) in [4.78, 5) is 14.4. The van der Waals surface area contributed by atoms with Crippen LogP contribution >= 0.6 is 0 Å². The third kappa shape index (κ3) is 4.51. The van der Waals surface area contributed by atoms with Gasteiger partial charge in [-0.25, -0.2) is 4.79 Å². The van der Waals surface area contributed by atoms with Gasteiger partial charge in [0.2, 0.25) is 0 Å². The molecule has 0 aromatic heterocycles. The number of nitrogens with one attached hydrogen (secondary N) is 1. The first kappa shape index (κ1) is 21.4. The van der Waals surface area contributed by atoms with Crippen LogP contribution in [0.15, 0.2) is 103 Å². The summed E-state index contributed by atoms with van der Waals surface area (Å²) in [7, 11) is 0. The van der Waals surface area contributed by atoms with Gasteiger partial charge in [0.05, 0.1) is 11.7 Å². The molecule has 0 saturated carbocycles. The molecule has 2 aliphatic heterocycles. The third-order valence-electron chi connectivity index (χ3n) is 6.61. The van der Waals surface area contributed by atoms with E-state index >= 15 is 0 Å². The first-order valence-corrected chi connectivity index (χ1v) is 12.0. The largest absolute Gasteiger partial charge is 0.485 e. The van der Waals surface area contributed by atoms with Crippen molar-refractivity contribution in [2.24, 2.45) is 0 Å². The lowest BCUT2D eigenvalue weighted by molar-refractivity contribution is 0.000518. The summed E-state index contributed by atoms with van der Waals surface area (Å²) in [5.41, 5.74) is 6.17. The molecule has 1 saturated heterocycles. The molecule has 6 rings (SSSR count). The highest BCUT2D eigenvalue weighted by Crippen LogP contribution is 2.41. The number of hydrogen-bond donors (Lipinski definition) is 1. The molecule has 0 spiro atoms. The van der Waals surface area contributed by atoms with Gasteiger partial charge in [0.15, 0.2) is 0 Å². The summed E-state index contributed by atoms with van der Waals surface area (Å²) >= 11 is 0. The first-order chi connectivity index (χ1) is 17.2. The predicted octanol–water partition coefficient (Wildman–Crippen LogP) is 5.91. The molecule has 0 atom stereocenters. The highest BCUT2D eigenvalue weighted by Gasteiger charge is 2.36. The van der Waals surface area contributed by atoms with Crippen LogP contribution in [-0.4, -0.2) is 30.1 Å². The number of nitrogens with zero attached hydrogens (tertiary/aromatic N) is 2. The smallest absolute Gasteiger partial charge is 0.346 e. The van der Waals surface area contributed by atoms with Gasteiger partial charge in [-0.3, -0.25) is 4.90 Å². The molecule has 0 aliphatic carbocycles. The molecule has 0 unspecified atom stereocenters. The number of amides is 2. The normalized spacial score (nSPS) is 15.3. The van der Waals surface area contributed by atoms with E-state index in [-0.39, 0.29) is 18.2 Å². The van der Waals surface area contributed by atoms with Gasteiger partial charge in [-0.2, -0.15) is 5.32 Å². The Balaban J connectivity index is 1.22. The van der Waals surface area contributed by atoms with Gasteiger partial charge in [-0.05, 0) is 40.8 Å². The molecule has 1 fully saturated rings. The second-order valence-electron chi connectivity index (χ2n) is 9.11. The maximum absolute atomic E-state index is 12.0. The zero-order chi connectivity index (χ0) is 23.6. The van der Waals surface area contributed by atoms with Crippen molar-refractivity contribution in [2.75, 3.05) is 18.4 Å². The van der Waals surface area contributed by atoms with Gasteiger partial charge in [-0.15, -0.1) is 0 Å². The Morgan fingerprint density at radius 1 is 0.829 bits per heavy atom. The molecule has 5 heteroatoms. The van der Waals surface area contributed by atoms with Crippen molar-refractivity contribution in [1.29, 1.82) is 0 Å². The molecular weight excluding hydrogens is 434 g/mol. The van der Waals surface area contributed by atoms with Crippen molar-refractivity contribution in [3.05, 3.63) is 125 Å². The quantitative estimate of drug-likeness (QED) is 0.373. The minimum atomic E-state index is -0.342. The SMILES string of the molecule is O=C1[N]c2c(cc(Cc3ccccc3)cc2OC2CN(C(c3ccccc3)c3ccccc3)C2)N1. The van der Waals surface area contributed by atoms with Crippen molar-refractivity contribution < 1.29 is 9.53 Å². The lowest BCUT2D eigenvalue weighted by Gasteiger charge is -2.44. The van der Waals surface area contributed by atoms with Gasteiger partial charge in [0, 0.05) is 13.1 Å². The van der Waals surface area contributed by atoms with E-state index in [4.69, 9.17) is 4.74 Å². The van der Waals surface area contributed by atoms with Crippen LogP contribution in [0.5, 0.6) is 5.75 Å². The van der Waals surface area contributed by atoms with Crippen molar-refractivity contribution in [3.63, 3.8) is 0 Å². The van der Waals surface area contributed by atoms with E-state index in [1.807, 2.05) is 30.3 Å². The maximum atomic E-state index is 12.0. The fourth-order valence-corrected chi connectivity index (χ4v) is 4.96. The lowest BCUT2D eigenvalue weighted by atomic mass is 9.94. The second-order valence-corrected chi connectivity index (χ2v) is 9.11. The van der Waals surface area contributed by atoms with E-state index < -0.39 is 0 Å². The van der Waals surface area contributed by atoms with Crippen LogP contribution in [0, 0.1) is 0 Å². The Morgan fingerprint density at radius 3 is 2.06 bits per heavy atom. The summed E-state index contributed by atoms with van der Waals surface area (Å²) in [6, 6.07) is 35.4.